The van der Waals surface area contributed by atoms with Gasteiger partial charge in [-0.05, 0) is 31.0 Å². The van der Waals surface area contributed by atoms with E-state index in [-0.39, 0.29) is 17.9 Å². The first-order valence-electron chi connectivity index (χ1n) is 6.29. The molecule has 0 aromatic heterocycles. The summed E-state index contributed by atoms with van der Waals surface area (Å²) >= 11 is 5.70. The Labute approximate surface area is 111 Å². The van der Waals surface area contributed by atoms with Crippen LogP contribution in [0.4, 0.5) is 4.39 Å². The van der Waals surface area contributed by atoms with Gasteiger partial charge in [0.05, 0.1) is 5.56 Å². The van der Waals surface area contributed by atoms with E-state index in [0.717, 1.165) is 32.1 Å². The van der Waals surface area contributed by atoms with Crippen LogP contribution < -0.4 is 5.73 Å². The van der Waals surface area contributed by atoms with E-state index in [4.69, 9.17) is 17.3 Å². The third-order valence-corrected chi connectivity index (χ3v) is 4.09. The molecule has 0 amide bonds. The van der Waals surface area contributed by atoms with E-state index in [0.29, 0.717) is 5.02 Å². The van der Waals surface area contributed by atoms with Gasteiger partial charge in [0.2, 0.25) is 0 Å². The molecule has 1 aromatic carbocycles. The second kappa shape index (κ2) is 5.37. The predicted molar refractivity (Wildman–Crippen MR) is 70.3 cm³/mol. The average Bonchev–Trinajstić information content (AvgIpc) is 2.39. The number of hydrogen-bond donors (Lipinski definition) is 1. The molecule has 98 valence electrons. The molecular formula is C14H17ClFNO. The monoisotopic (exact) mass is 269 g/mol. The minimum absolute atomic E-state index is 0.117. The summed E-state index contributed by atoms with van der Waals surface area (Å²) in [6, 6.07) is 4.19. The van der Waals surface area contributed by atoms with E-state index < -0.39 is 11.2 Å². The Balaban J connectivity index is 2.33. The van der Waals surface area contributed by atoms with Crippen molar-refractivity contribution in [2.24, 2.45) is 11.1 Å². The van der Waals surface area contributed by atoms with Crippen molar-refractivity contribution in [3.05, 3.63) is 34.6 Å². The summed E-state index contributed by atoms with van der Waals surface area (Å²) in [5.74, 6) is -0.718. The summed E-state index contributed by atoms with van der Waals surface area (Å²) in [6.45, 7) is 0.286. The molecule has 1 aliphatic rings. The molecule has 0 aliphatic heterocycles. The van der Waals surface area contributed by atoms with E-state index in [1.807, 2.05) is 0 Å². The van der Waals surface area contributed by atoms with E-state index in [1.165, 1.54) is 12.1 Å². The average molecular weight is 270 g/mol. The smallest absolute Gasteiger partial charge is 0.173 e. The molecule has 1 aliphatic carbocycles. The lowest BCUT2D eigenvalue weighted by atomic mass is 9.69. The maximum absolute atomic E-state index is 13.8. The molecule has 2 nitrogen and oxygen atoms in total. The lowest BCUT2D eigenvalue weighted by molar-refractivity contribution is 0.0725. The number of nitrogens with two attached hydrogens (primary N) is 1. The summed E-state index contributed by atoms with van der Waals surface area (Å²) in [4.78, 5) is 12.5. The topological polar surface area (TPSA) is 43.1 Å². The van der Waals surface area contributed by atoms with Crippen molar-refractivity contribution < 1.29 is 9.18 Å². The number of carbonyl (C=O) groups is 1. The Kier molecular flexibility index (Phi) is 4.03. The van der Waals surface area contributed by atoms with Crippen LogP contribution in [0.15, 0.2) is 18.2 Å². The van der Waals surface area contributed by atoms with Gasteiger partial charge in [-0.25, -0.2) is 4.39 Å². The highest BCUT2D eigenvalue weighted by Crippen LogP contribution is 2.38. The van der Waals surface area contributed by atoms with Gasteiger partial charge in [-0.15, -0.1) is 0 Å². The van der Waals surface area contributed by atoms with Crippen LogP contribution in [0.25, 0.3) is 0 Å². The number of rotatable bonds is 3. The van der Waals surface area contributed by atoms with E-state index in [9.17, 15) is 9.18 Å². The third-order valence-electron chi connectivity index (χ3n) is 3.86. The van der Waals surface area contributed by atoms with Crippen LogP contribution >= 0.6 is 11.6 Å². The minimum atomic E-state index is -0.576. The summed E-state index contributed by atoms with van der Waals surface area (Å²) in [5, 5.41) is 0.300. The maximum atomic E-state index is 13.8. The van der Waals surface area contributed by atoms with Crippen LogP contribution in [0, 0.1) is 11.2 Å². The van der Waals surface area contributed by atoms with Crippen LogP contribution in [0.5, 0.6) is 0 Å². The molecule has 2 rings (SSSR count). The van der Waals surface area contributed by atoms with Crippen LogP contribution in [0.2, 0.25) is 5.02 Å². The van der Waals surface area contributed by atoms with Crippen molar-refractivity contribution >= 4 is 17.4 Å². The molecule has 0 spiro atoms. The molecule has 0 heterocycles. The second-order valence-corrected chi connectivity index (χ2v) is 5.43. The molecule has 0 bridgehead atoms. The molecular weight excluding hydrogens is 253 g/mol. The zero-order valence-electron chi connectivity index (χ0n) is 10.2. The van der Waals surface area contributed by atoms with Gasteiger partial charge in [0.25, 0.3) is 0 Å². The number of carbonyl (C=O) groups excluding carboxylic acids is 1. The standard InChI is InChI=1S/C14H17ClFNO/c15-10-4-5-11(12(16)8-10)13(18)14(9-17)6-2-1-3-7-14/h4-5,8H,1-3,6-7,9,17H2. The summed E-state index contributed by atoms with van der Waals surface area (Å²) in [7, 11) is 0. The molecule has 2 N–H and O–H groups in total. The van der Waals surface area contributed by atoms with E-state index >= 15 is 0 Å². The number of benzene rings is 1. The molecule has 1 aromatic rings. The Hall–Kier alpha value is -0.930. The normalized spacial score (nSPS) is 18.6. The highest BCUT2D eigenvalue weighted by molar-refractivity contribution is 6.30. The first kappa shape index (κ1) is 13.5. The molecule has 4 heteroatoms. The van der Waals surface area contributed by atoms with Gasteiger partial charge >= 0.3 is 0 Å². The summed E-state index contributed by atoms with van der Waals surface area (Å²) < 4.78 is 13.8. The summed E-state index contributed by atoms with van der Waals surface area (Å²) in [5.41, 5.74) is 5.33. The number of ketones is 1. The fourth-order valence-corrected chi connectivity index (χ4v) is 2.87. The molecule has 0 radical (unpaired) electrons. The van der Waals surface area contributed by atoms with Crippen molar-refractivity contribution in [2.45, 2.75) is 32.1 Å². The van der Waals surface area contributed by atoms with Gasteiger partial charge in [0, 0.05) is 17.0 Å². The minimum Gasteiger partial charge on any atom is -0.329 e. The van der Waals surface area contributed by atoms with Gasteiger partial charge < -0.3 is 5.73 Å². The highest BCUT2D eigenvalue weighted by atomic mass is 35.5. The molecule has 1 fully saturated rings. The van der Waals surface area contributed by atoms with Crippen LogP contribution in [0.3, 0.4) is 0 Å². The quantitative estimate of drug-likeness (QED) is 0.853. The molecule has 18 heavy (non-hydrogen) atoms. The van der Waals surface area contributed by atoms with Crippen molar-refractivity contribution in [2.75, 3.05) is 6.54 Å². The van der Waals surface area contributed by atoms with Crippen LogP contribution in [0.1, 0.15) is 42.5 Å². The fourth-order valence-electron chi connectivity index (χ4n) is 2.71. The van der Waals surface area contributed by atoms with Gasteiger partial charge in [0.15, 0.2) is 5.78 Å². The van der Waals surface area contributed by atoms with Crippen LogP contribution in [-0.4, -0.2) is 12.3 Å². The van der Waals surface area contributed by atoms with E-state index in [2.05, 4.69) is 0 Å². The number of Topliss-reactive ketones (excluding diaryl/α,β-unsaturated/α-hetero) is 1. The van der Waals surface area contributed by atoms with Gasteiger partial charge in [-0.1, -0.05) is 30.9 Å². The first-order valence-corrected chi connectivity index (χ1v) is 6.67. The molecule has 0 atom stereocenters. The van der Waals surface area contributed by atoms with Crippen molar-refractivity contribution in [3.63, 3.8) is 0 Å². The van der Waals surface area contributed by atoms with Crippen molar-refractivity contribution in [1.29, 1.82) is 0 Å². The maximum Gasteiger partial charge on any atom is 0.173 e. The molecule has 0 saturated heterocycles. The second-order valence-electron chi connectivity index (χ2n) is 5.00. The SMILES string of the molecule is NCC1(C(=O)c2ccc(Cl)cc2F)CCCCC1. The van der Waals surface area contributed by atoms with Crippen LogP contribution in [-0.2, 0) is 0 Å². The Morgan fingerprint density at radius 1 is 1.33 bits per heavy atom. The van der Waals surface area contributed by atoms with Gasteiger partial charge in [0.1, 0.15) is 5.82 Å². The van der Waals surface area contributed by atoms with Crippen molar-refractivity contribution in [1.82, 2.24) is 0 Å². The predicted octanol–water partition coefficient (Wildman–Crippen LogP) is 3.57. The summed E-state index contributed by atoms with van der Waals surface area (Å²) in [6.07, 6.45) is 4.60. The Morgan fingerprint density at radius 2 is 2.00 bits per heavy atom. The van der Waals surface area contributed by atoms with Gasteiger partial charge in [-0.2, -0.15) is 0 Å². The molecule has 0 unspecified atom stereocenters. The fraction of sp³-hybridized carbons (Fsp3) is 0.500. The van der Waals surface area contributed by atoms with Gasteiger partial charge in [-0.3, -0.25) is 4.79 Å². The Bertz CT molecular complexity index is 455. The molecule has 1 saturated carbocycles. The Morgan fingerprint density at radius 3 is 2.56 bits per heavy atom. The highest BCUT2D eigenvalue weighted by Gasteiger charge is 2.39. The lowest BCUT2D eigenvalue weighted by Gasteiger charge is -2.34. The van der Waals surface area contributed by atoms with E-state index in [1.54, 1.807) is 6.07 Å². The number of halogens is 2. The third kappa shape index (κ3) is 2.43. The number of hydrogen-bond acceptors (Lipinski definition) is 2. The zero-order chi connectivity index (χ0) is 13.2. The largest absolute Gasteiger partial charge is 0.329 e. The van der Waals surface area contributed by atoms with Crippen molar-refractivity contribution in [3.8, 4) is 0 Å². The first-order chi connectivity index (χ1) is 8.59. The zero-order valence-corrected chi connectivity index (χ0v) is 11.0. The lowest BCUT2D eigenvalue weighted by Crippen LogP contribution is -2.40.